The van der Waals surface area contributed by atoms with Crippen LogP contribution in [0.15, 0.2) is 41.8 Å². The van der Waals surface area contributed by atoms with Gasteiger partial charge in [0.15, 0.2) is 5.16 Å². The van der Waals surface area contributed by atoms with Gasteiger partial charge in [-0.15, -0.1) is 0 Å². The first kappa shape index (κ1) is 9.92. The SMILES string of the molecule is Nc1ccnc(SCc2ccccn2)n1. The van der Waals surface area contributed by atoms with Gasteiger partial charge in [0.25, 0.3) is 0 Å². The molecule has 2 N–H and O–H groups in total. The number of rotatable bonds is 3. The van der Waals surface area contributed by atoms with Gasteiger partial charge >= 0.3 is 0 Å². The van der Waals surface area contributed by atoms with Crippen LogP contribution in [0.4, 0.5) is 5.82 Å². The maximum absolute atomic E-state index is 5.55. The number of hydrogen-bond acceptors (Lipinski definition) is 5. The molecule has 15 heavy (non-hydrogen) atoms. The smallest absolute Gasteiger partial charge is 0.189 e. The van der Waals surface area contributed by atoms with E-state index in [-0.39, 0.29) is 0 Å². The Balaban J connectivity index is 1.99. The topological polar surface area (TPSA) is 64.7 Å². The highest BCUT2D eigenvalue weighted by molar-refractivity contribution is 7.98. The van der Waals surface area contributed by atoms with E-state index in [9.17, 15) is 0 Å². The van der Waals surface area contributed by atoms with Crippen LogP contribution in [0.5, 0.6) is 0 Å². The summed E-state index contributed by atoms with van der Waals surface area (Å²) in [5.41, 5.74) is 6.56. The van der Waals surface area contributed by atoms with Crippen LogP contribution in [0, 0.1) is 0 Å². The van der Waals surface area contributed by atoms with Gasteiger partial charge < -0.3 is 5.73 Å². The molecule has 0 unspecified atom stereocenters. The van der Waals surface area contributed by atoms with E-state index < -0.39 is 0 Å². The Labute approximate surface area is 92.0 Å². The highest BCUT2D eigenvalue weighted by Gasteiger charge is 1.99. The molecule has 0 radical (unpaired) electrons. The molecule has 0 saturated carbocycles. The van der Waals surface area contributed by atoms with Crippen LogP contribution in [0.2, 0.25) is 0 Å². The van der Waals surface area contributed by atoms with Gasteiger partial charge in [0.2, 0.25) is 0 Å². The number of pyridine rings is 1. The lowest BCUT2D eigenvalue weighted by atomic mass is 10.4. The zero-order valence-electron chi connectivity index (χ0n) is 8.00. The number of anilines is 1. The molecule has 0 saturated heterocycles. The molecule has 0 fully saturated rings. The Bertz CT molecular complexity index is 432. The maximum Gasteiger partial charge on any atom is 0.189 e. The maximum atomic E-state index is 5.55. The lowest BCUT2D eigenvalue weighted by Crippen LogP contribution is -1.94. The van der Waals surface area contributed by atoms with Gasteiger partial charge in [0.1, 0.15) is 5.82 Å². The molecule has 0 spiro atoms. The van der Waals surface area contributed by atoms with Crippen LogP contribution in [0.3, 0.4) is 0 Å². The average molecular weight is 218 g/mol. The van der Waals surface area contributed by atoms with Crippen LogP contribution < -0.4 is 5.73 Å². The molecule has 0 aliphatic rings. The summed E-state index contributed by atoms with van der Waals surface area (Å²) in [6.45, 7) is 0. The molecule has 5 heteroatoms. The van der Waals surface area contributed by atoms with E-state index in [0.717, 1.165) is 11.4 Å². The Kier molecular flexibility index (Phi) is 3.14. The lowest BCUT2D eigenvalue weighted by molar-refractivity contribution is 0.973. The van der Waals surface area contributed by atoms with E-state index in [1.54, 1.807) is 18.5 Å². The molecule has 76 valence electrons. The number of thioether (sulfide) groups is 1. The third-order valence-corrected chi connectivity index (χ3v) is 2.63. The minimum atomic E-state index is 0.494. The van der Waals surface area contributed by atoms with Gasteiger partial charge in [-0.05, 0) is 18.2 Å². The van der Waals surface area contributed by atoms with Gasteiger partial charge in [-0.25, -0.2) is 9.97 Å². The van der Waals surface area contributed by atoms with Gasteiger partial charge in [-0.2, -0.15) is 0 Å². The number of hydrogen-bond donors (Lipinski definition) is 1. The molecular weight excluding hydrogens is 208 g/mol. The normalized spacial score (nSPS) is 10.1. The van der Waals surface area contributed by atoms with Crippen LogP contribution in [0.1, 0.15) is 5.69 Å². The van der Waals surface area contributed by atoms with Gasteiger partial charge in [-0.3, -0.25) is 4.98 Å². The molecule has 0 aliphatic heterocycles. The summed E-state index contributed by atoms with van der Waals surface area (Å²) in [6.07, 6.45) is 3.43. The first-order valence-corrected chi connectivity index (χ1v) is 5.44. The molecule has 4 nitrogen and oxygen atoms in total. The summed E-state index contributed by atoms with van der Waals surface area (Å²) in [5, 5.41) is 0.681. The lowest BCUT2D eigenvalue weighted by Gasteiger charge is -1.99. The van der Waals surface area contributed by atoms with E-state index >= 15 is 0 Å². The van der Waals surface area contributed by atoms with Crippen molar-refractivity contribution in [2.24, 2.45) is 0 Å². The van der Waals surface area contributed by atoms with Gasteiger partial charge in [-0.1, -0.05) is 17.8 Å². The number of nitrogens with zero attached hydrogens (tertiary/aromatic N) is 3. The molecular formula is C10H10N4S. The average Bonchev–Trinajstić information content (AvgIpc) is 2.28. The Morgan fingerprint density at radius 2 is 2.07 bits per heavy atom. The van der Waals surface area contributed by atoms with Crippen molar-refractivity contribution in [1.29, 1.82) is 0 Å². The van der Waals surface area contributed by atoms with Crippen molar-refractivity contribution >= 4 is 17.6 Å². The molecule has 0 aromatic carbocycles. The predicted octanol–water partition coefficient (Wildman–Crippen LogP) is 1.75. The third-order valence-electron chi connectivity index (χ3n) is 1.73. The minimum absolute atomic E-state index is 0.494. The van der Waals surface area contributed by atoms with E-state index in [2.05, 4.69) is 15.0 Å². The highest BCUT2D eigenvalue weighted by Crippen LogP contribution is 2.17. The molecule has 2 rings (SSSR count). The zero-order chi connectivity index (χ0) is 10.5. The molecule has 2 heterocycles. The molecule has 2 aromatic rings. The Morgan fingerprint density at radius 1 is 1.13 bits per heavy atom. The second-order valence-corrected chi connectivity index (χ2v) is 3.82. The minimum Gasteiger partial charge on any atom is -0.384 e. The van der Waals surface area contributed by atoms with Crippen molar-refractivity contribution in [3.8, 4) is 0 Å². The fraction of sp³-hybridized carbons (Fsp3) is 0.100. The fourth-order valence-electron chi connectivity index (χ4n) is 1.05. The van der Waals surface area contributed by atoms with Gasteiger partial charge in [0.05, 0.1) is 5.69 Å². The van der Waals surface area contributed by atoms with Gasteiger partial charge in [0, 0.05) is 18.1 Å². The third kappa shape index (κ3) is 2.92. The molecule has 0 amide bonds. The monoisotopic (exact) mass is 218 g/mol. The van der Waals surface area contributed by atoms with E-state index in [4.69, 9.17) is 5.73 Å². The highest BCUT2D eigenvalue weighted by atomic mass is 32.2. The quantitative estimate of drug-likeness (QED) is 0.628. The first-order valence-electron chi connectivity index (χ1n) is 4.46. The summed E-state index contributed by atoms with van der Waals surface area (Å²) in [6, 6.07) is 7.50. The summed E-state index contributed by atoms with van der Waals surface area (Å²) in [7, 11) is 0. The molecule has 0 atom stereocenters. The second-order valence-electron chi connectivity index (χ2n) is 2.87. The van der Waals surface area contributed by atoms with E-state index in [1.165, 1.54) is 11.8 Å². The number of nitrogens with two attached hydrogens (primary N) is 1. The summed E-state index contributed by atoms with van der Waals surface area (Å²) < 4.78 is 0. The second kappa shape index (κ2) is 4.75. The van der Waals surface area contributed by atoms with E-state index in [0.29, 0.717) is 11.0 Å². The Morgan fingerprint density at radius 3 is 2.80 bits per heavy atom. The van der Waals surface area contributed by atoms with Crippen LogP contribution in [-0.4, -0.2) is 15.0 Å². The van der Waals surface area contributed by atoms with Crippen molar-refractivity contribution in [3.63, 3.8) is 0 Å². The first-order chi connectivity index (χ1) is 7.34. The largest absolute Gasteiger partial charge is 0.384 e. The van der Waals surface area contributed by atoms with Crippen molar-refractivity contribution < 1.29 is 0 Å². The van der Waals surface area contributed by atoms with Crippen LogP contribution in [0.25, 0.3) is 0 Å². The predicted molar refractivity (Wildman–Crippen MR) is 60.2 cm³/mol. The van der Waals surface area contributed by atoms with Crippen molar-refractivity contribution in [3.05, 3.63) is 42.4 Å². The molecule has 0 aliphatic carbocycles. The summed E-state index contributed by atoms with van der Waals surface area (Å²) in [4.78, 5) is 12.4. The zero-order valence-corrected chi connectivity index (χ0v) is 8.81. The molecule has 0 bridgehead atoms. The number of nitrogen functional groups attached to an aromatic ring is 1. The Hall–Kier alpha value is -1.62. The van der Waals surface area contributed by atoms with E-state index in [1.807, 2.05) is 18.2 Å². The molecule has 2 aromatic heterocycles. The van der Waals surface area contributed by atoms with Crippen LogP contribution in [-0.2, 0) is 5.75 Å². The summed E-state index contributed by atoms with van der Waals surface area (Å²) >= 11 is 1.52. The van der Waals surface area contributed by atoms with Crippen molar-refractivity contribution in [1.82, 2.24) is 15.0 Å². The summed E-state index contributed by atoms with van der Waals surface area (Å²) in [5.74, 6) is 1.25. The van der Waals surface area contributed by atoms with Crippen molar-refractivity contribution in [2.45, 2.75) is 10.9 Å². The van der Waals surface area contributed by atoms with Crippen molar-refractivity contribution in [2.75, 3.05) is 5.73 Å². The standard InChI is InChI=1S/C10H10N4S/c11-9-4-6-13-10(14-9)15-7-8-3-1-2-5-12-8/h1-6H,7H2,(H2,11,13,14). The van der Waals surface area contributed by atoms with Crippen LogP contribution >= 0.6 is 11.8 Å². The number of aromatic nitrogens is 3. The fourth-order valence-corrected chi connectivity index (χ4v) is 1.80.